The Bertz CT molecular complexity index is 249. The summed E-state index contributed by atoms with van der Waals surface area (Å²) in [6.07, 6.45) is 5.12. The molecule has 1 aliphatic rings. The third kappa shape index (κ3) is 3.20. The van der Waals surface area contributed by atoms with Crippen LogP contribution in [0.2, 0.25) is 0 Å². The number of rotatable bonds is 4. The molecule has 0 aliphatic carbocycles. The second-order valence-corrected chi connectivity index (χ2v) is 3.35. The molecule has 1 rings (SSSR count). The zero-order valence-corrected chi connectivity index (χ0v) is 8.38. The molecule has 1 saturated heterocycles. The quantitative estimate of drug-likeness (QED) is 0.498. The monoisotopic (exact) mass is 196 g/mol. The fourth-order valence-corrected chi connectivity index (χ4v) is 1.38. The van der Waals surface area contributed by atoms with E-state index in [-0.39, 0.29) is 17.7 Å². The molecule has 1 aliphatic heterocycles. The SMILES string of the molecule is C/C=C/CCNC(=O)C1CNC(=O)C1. The molecule has 1 unspecified atom stereocenters. The van der Waals surface area contributed by atoms with Gasteiger partial charge in [0.2, 0.25) is 11.8 Å². The average Bonchev–Trinajstić information content (AvgIpc) is 2.59. The Morgan fingerprint density at radius 2 is 2.50 bits per heavy atom. The summed E-state index contributed by atoms with van der Waals surface area (Å²) in [6, 6.07) is 0. The van der Waals surface area contributed by atoms with Crippen LogP contribution in [-0.4, -0.2) is 24.9 Å². The van der Waals surface area contributed by atoms with E-state index in [4.69, 9.17) is 0 Å². The van der Waals surface area contributed by atoms with E-state index in [9.17, 15) is 9.59 Å². The number of allylic oxidation sites excluding steroid dienone is 1. The number of hydrogen-bond donors (Lipinski definition) is 2. The maximum absolute atomic E-state index is 11.4. The minimum Gasteiger partial charge on any atom is -0.355 e. The summed E-state index contributed by atoms with van der Waals surface area (Å²) >= 11 is 0. The van der Waals surface area contributed by atoms with Crippen molar-refractivity contribution < 1.29 is 9.59 Å². The molecule has 0 aromatic carbocycles. The number of nitrogens with one attached hydrogen (secondary N) is 2. The van der Waals surface area contributed by atoms with Crippen LogP contribution in [0, 0.1) is 5.92 Å². The predicted molar refractivity (Wildman–Crippen MR) is 53.6 cm³/mol. The molecule has 78 valence electrons. The van der Waals surface area contributed by atoms with Crippen LogP contribution in [0.15, 0.2) is 12.2 Å². The Kier molecular flexibility index (Phi) is 4.16. The van der Waals surface area contributed by atoms with Gasteiger partial charge in [0, 0.05) is 19.5 Å². The Morgan fingerprint density at radius 3 is 3.07 bits per heavy atom. The van der Waals surface area contributed by atoms with Crippen LogP contribution < -0.4 is 10.6 Å². The summed E-state index contributed by atoms with van der Waals surface area (Å²) in [6.45, 7) is 3.07. The van der Waals surface area contributed by atoms with E-state index < -0.39 is 0 Å². The smallest absolute Gasteiger partial charge is 0.225 e. The van der Waals surface area contributed by atoms with Gasteiger partial charge in [-0.1, -0.05) is 12.2 Å². The van der Waals surface area contributed by atoms with Gasteiger partial charge in [0.25, 0.3) is 0 Å². The minimum absolute atomic E-state index is 0.0205. The molecule has 0 aromatic rings. The van der Waals surface area contributed by atoms with E-state index in [1.165, 1.54) is 0 Å². The largest absolute Gasteiger partial charge is 0.355 e. The third-order valence-electron chi connectivity index (χ3n) is 2.19. The van der Waals surface area contributed by atoms with Crippen molar-refractivity contribution in [3.63, 3.8) is 0 Å². The molecule has 0 spiro atoms. The molecular formula is C10H16N2O2. The molecule has 1 heterocycles. The highest BCUT2D eigenvalue weighted by atomic mass is 16.2. The van der Waals surface area contributed by atoms with Gasteiger partial charge in [0.15, 0.2) is 0 Å². The van der Waals surface area contributed by atoms with Crippen molar-refractivity contribution in [2.24, 2.45) is 5.92 Å². The molecule has 2 amide bonds. The van der Waals surface area contributed by atoms with Gasteiger partial charge in [-0.25, -0.2) is 0 Å². The van der Waals surface area contributed by atoms with Crippen LogP contribution in [0.1, 0.15) is 19.8 Å². The molecular weight excluding hydrogens is 180 g/mol. The van der Waals surface area contributed by atoms with Crippen LogP contribution in [0.5, 0.6) is 0 Å². The number of amides is 2. The van der Waals surface area contributed by atoms with Gasteiger partial charge in [0.1, 0.15) is 0 Å². The van der Waals surface area contributed by atoms with Crippen molar-refractivity contribution in [2.45, 2.75) is 19.8 Å². The molecule has 14 heavy (non-hydrogen) atoms. The minimum atomic E-state index is -0.173. The van der Waals surface area contributed by atoms with E-state index in [1.807, 2.05) is 19.1 Å². The molecule has 0 bridgehead atoms. The van der Waals surface area contributed by atoms with Gasteiger partial charge < -0.3 is 10.6 Å². The van der Waals surface area contributed by atoms with Crippen LogP contribution in [0.25, 0.3) is 0 Å². The van der Waals surface area contributed by atoms with Crippen molar-refractivity contribution in [3.05, 3.63) is 12.2 Å². The number of hydrogen-bond acceptors (Lipinski definition) is 2. The van der Waals surface area contributed by atoms with Crippen molar-refractivity contribution in [3.8, 4) is 0 Å². The summed E-state index contributed by atoms with van der Waals surface area (Å²) < 4.78 is 0. The van der Waals surface area contributed by atoms with E-state index in [2.05, 4.69) is 10.6 Å². The Hall–Kier alpha value is -1.32. The second-order valence-electron chi connectivity index (χ2n) is 3.35. The standard InChI is InChI=1S/C10H16N2O2/c1-2-3-4-5-11-10(14)8-6-9(13)12-7-8/h2-3,8H,4-7H2,1H3,(H,11,14)(H,12,13)/b3-2+. The van der Waals surface area contributed by atoms with Gasteiger partial charge in [-0.2, -0.15) is 0 Å². The lowest BCUT2D eigenvalue weighted by Crippen LogP contribution is -2.32. The lowest BCUT2D eigenvalue weighted by molar-refractivity contribution is -0.126. The molecule has 4 nitrogen and oxygen atoms in total. The van der Waals surface area contributed by atoms with Crippen molar-refractivity contribution in [1.29, 1.82) is 0 Å². The summed E-state index contributed by atoms with van der Waals surface area (Å²) in [4.78, 5) is 22.3. The Labute approximate surface area is 83.8 Å². The Morgan fingerprint density at radius 1 is 1.71 bits per heavy atom. The Balaban J connectivity index is 2.18. The van der Waals surface area contributed by atoms with Crippen molar-refractivity contribution >= 4 is 11.8 Å². The normalized spacial score (nSPS) is 21.2. The lowest BCUT2D eigenvalue weighted by Gasteiger charge is -2.07. The predicted octanol–water partition coefficient (Wildman–Crippen LogP) is 0.205. The zero-order valence-electron chi connectivity index (χ0n) is 8.38. The molecule has 0 saturated carbocycles. The number of carbonyl (C=O) groups is 2. The van der Waals surface area contributed by atoms with E-state index in [0.717, 1.165) is 6.42 Å². The van der Waals surface area contributed by atoms with Crippen LogP contribution in [-0.2, 0) is 9.59 Å². The average molecular weight is 196 g/mol. The van der Waals surface area contributed by atoms with Crippen LogP contribution in [0.4, 0.5) is 0 Å². The van der Waals surface area contributed by atoms with Crippen LogP contribution >= 0.6 is 0 Å². The second kappa shape index (κ2) is 5.42. The van der Waals surface area contributed by atoms with Gasteiger partial charge in [-0.3, -0.25) is 9.59 Å². The first-order valence-corrected chi connectivity index (χ1v) is 4.89. The zero-order chi connectivity index (χ0) is 10.4. The molecule has 0 radical (unpaired) electrons. The van der Waals surface area contributed by atoms with Gasteiger partial charge in [0.05, 0.1) is 5.92 Å². The van der Waals surface area contributed by atoms with Crippen molar-refractivity contribution in [1.82, 2.24) is 10.6 Å². The summed E-state index contributed by atoms with van der Waals surface area (Å²) in [5.41, 5.74) is 0. The molecule has 1 atom stereocenters. The fourth-order valence-electron chi connectivity index (χ4n) is 1.38. The van der Waals surface area contributed by atoms with Gasteiger partial charge >= 0.3 is 0 Å². The fraction of sp³-hybridized carbons (Fsp3) is 0.600. The van der Waals surface area contributed by atoms with E-state index in [1.54, 1.807) is 0 Å². The maximum atomic E-state index is 11.4. The highest BCUT2D eigenvalue weighted by Crippen LogP contribution is 2.08. The van der Waals surface area contributed by atoms with Gasteiger partial charge in [-0.05, 0) is 13.3 Å². The lowest BCUT2D eigenvalue weighted by atomic mass is 10.1. The topological polar surface area (TPSA) is 58.2 Å². The highest BCUT2D eigenvalue weighted by Gasteiger charge is 2.27. The van der Waals surface area contributed by atoms with Gasteiger partial charge in [-0.15, -0.1) is 0 Å². The van der Waals surface area contributed by atoms with E-state index >= 15 is 0 Å². The molecule has 1 fully saturated rings. The highest BCUT2D eigenvalue weighted by molar-refractivity contribution is 5.89. The molecule has 2 N–H and O–H groups in total. The first kappa shape index (κ1) is 10.8. The number of carbonyl (C=O) groups excluding carboxylic acids is 2. The summed E-state index contributed by atoms with van der Waals surface area (Å²) in [7, 11) is 0. The molecule has 4 heteroatoms. The first-order valence-electron chi connectivity index (χ1n) is 4.89. The summed E-state index contributed by atoms with van der Waals surface area (Å²) in [5.74, 6) is -0.223. The van der Waals surface area contributed by atoms with E-state index in [0.29, 0.717) is 19.5 Å². The van der Waals surface area contributed by atoms with Crippen LogP contribution in [0.3, 0.4) is 0 Å². The third-order valence-corrected chi connectivity index (χ3v) is 2.19. The summed E-state index contributed by atoms with van der Waals surface area (Å²) in [5, 5.41) is 5.44. The first-order chi connectivity index (χ1) is 6.74. The maximum Gasteiger partial charge on any atom is 0.225 e. The molecule has 0 aromatic heterocycles. The van der Waals surface area contributed by atoms with Crippen molar-refractivity contribution in [2.75, 3.05) is 13.1 Å².